The van der Waals surface area contributed by atoms with Gasteiger partial charge in [-0.15, -0.1) is 0 Å². The molecule has 2 N–H and O–H groups in total. The highest BCUT2D eigenvalue weighted by Crippen LogP contribution is 2.35. The number of halogens is 2. The molecular formula is C13H19Br2NO2. The Morgan fingerprint density at radius 1 is 1.22 bits per heavy atom. The van der Waals surface area contributed by atoms with Gasteiger partial charge in [0.05, 0.1) is 15.6 Å². The third kappa shape index (κ3) is 5.26. The lowest BCUT2D eigenvalue weighted by atomic mass is 10.1. The summed E-state index contributed by atoms with van der Waals surface area (Å²) < 4.78 is 12.6. The minimum atomic E-state index is 0.150. The van der Waals surface area contributed by atoms with Gasteiger partial charge in [-0.05, 0) is 62.9 Å². The first kappa shape index (κ1) is 16.0. The molecule has 0 heterocycles. The Balaban J connectivity index is 2.68. The molecule has 0 saturated carbocycles. The fraction of sp³-hybridized carbons (Fsp3) is 0.538. The molecule has 0 spiro atoms. The van der Waals surface area contributed by atoms with E-state index < -0.39 is 0 Å². The summed E-state index contributed by atoms with van der Waals surface area (Å²) >= 11 is 7.06. The van der Waals surface area contributed by atoms with Crippen LogP contribution in [0.25, 0.3) is 0 Å². The molecule has 0 aliphatic heterocycles. The molecule has 0 amide bonds. The van der Waals surface area contributed by atoms with E-state index in [4.69, 9.17) is 15.2 Å². The van der Waals surface area contributed by atoms with Gasteiger partial charge < -0.3 is 15.2 Å². The first-order valence-electron chi connectivity index (χ1n) is 5.89. The third-order valence-electron chi connectivity index (χ3n) is 2.35. The third-order valence-corrected chi connectivity index (χ3v) is 3.53. The van der Waals surface area contributed by atoms with E-state index in [1.54, 1.807) is 7.11 Å². The van der Waals surface area contributed by atoms with Gasteiger partial charge in [0.2, 0.25) is 0 Å². The average molecular weight is 381 g/mol. The van der Waals surface area contributed by atoms with Crippen molar-refractivity contribution in [3.8, 4) is 5.75 Å². The Labute approximate surface area is 125 Å². The quantitative estimate of drug-likeness (QED) is 0.736. The van der Waals surface area contributed by atoms with Crippen LogP contribution in [0, 0.1) is 0 Å². The second-order valence-corrected chi connectivity index (χ2v) is 5.97. The number of nitrogens with two attached hydrogens (primary N) is 1. The van der Waals surface area contributed by atoms with Crippen molar-refractivity contribution in [3.63, 3.8) is 0 Å². The first-order chi connectivity index (χ1) is 8.54. The standard InChI is InChI=1S/C13H19Br2NO2/c1-9(16)6-10-7-11(14)13(12(15)8-10)18-5-3-4-17-2/h7-9H,3-6,16H2,1-2H3. The first-order valence-corrected chi connectivity index (χ1v) is 7.48. The average Bonchev–Trinajstić information content (AvgIpc) is 2.26. The van der Waals surface area contributed by atoms with Crippen molar-refractivity contribution in [1.82, 2.24) is 0 Å². The molecular weight excluding hydrogens is 362 g/mol. The monoisotopic (exact) mass is 379 g/mol. The van der Waals surface area contributed by atoms with Crippen LogP contribution in [0.15, 0.2) is 21.1 Å². The van der Waals surface area contributed by atoms with Crippen molar-refractivity contribution in [3.05, 3.63) is 26.6 Å². The summed E-state index contributed by atoms with van der Waals surface area (Å²) in [4.78, 5) is 0. The van der Waals surface area contributed by atoms with Gasteiger partial charge in [-0.3, -0.25) is 0 Å². The molecule has 0 fully saturated rings. The number of hydrogen-bond donors (Lipinski definition) is 1. The van der Waals surface area contributed by atoms with Crippen molar-refractivity contribution in [1.29, 1.82) is 0 Å². The fourth-order valence-corrected chi connectivity index (χ4v) is 3.13. The second kappa shape index (κ2) is 8.15. The van der Waals surface area contributed by atoms with Crippen LogP contribution in [-0.2, 0) is 11.2 Å². The van der Waals surface area contributed by atoms with Crippen molar-refractivity contribution < 1.29 is 9.47 Å². The van der Waals surface area contributed by atoms with E-state index in [0.29, 0.717) is 13.2 Å². The minimum absolute atomic E-state index is 0.150. The van der Waals surface area contributed by atoms with Crippen molar-refractivity contribution in [2.24, 2.45) is 5.73 Å². The van der Waals surface area contributed by atoms with Crippen LogP contribution in [0.5, 0.6) is 5.75 Å². The molecule has 102 valence electrons. The van der Waals surface area contributed by atoms with Gasteiger partial charge in [-0.25, -0.2) is 0 Å². The molecule has 0 saturated heterocycles. The largest absolute Gasteiger partial charge is 0.491 e. The Bertz CT molecular complexity index is 360. The SMILES string of the molecule is COCCCOc1c(Br)cc(CC(C)N)cc1Br. The normalized spacial score (nSPS) is 12.5. The predicted molar refractivity (Wildman–Crippen MR) is 81.2 cm³/mol. The molecule has 18 heavy (non-hydrogen) atoms. The Morgan fingerprint density at radius 3 is 2.33 bits per heavy atom. The van der Waals surface area contributed by atoms with Crippen LogP contribution >= 0.6 is 31.9 Å². The van der Waals surface area contributed by atoms with E-state index in [2.05, 4.69) is 44.0 Å². The Hall–Kier alpha value is -0.100. The van der Waals surface area contributed by atoms with Crippen LogP contribution in [0.1, 0.15) is 18.9 Å². The maximum atomic E-state index is 5.80. The molecule has 1 aromatic carbocycles. The number of benzene rings is 1. The summed E-state index contributed by atoms with van der Waals surface area (Å²) in [5.74, 6) is 0.833. The van der Waals surface area contributed by atoms with Gasteiger partial charge in [0.15, 0.2) is 0 Å². The van der Waals surface area contributed by atoms with Crippen molar-refractivity contribution in [2.75, 3.05) is 20.3 Å². The van der Waals surface area contributed by atoms with E-state index >= 15 is 0 Å². The van der Waals surface area contributed by atoms with Crippen LogP contribution in [0.4, 0.5) is 0 Å². The van der Waals surface area contributed by atoms with Crippen LogP contribution in [0.2, 0.25) is 0 Å². The van der Waals surface area contributed by atoms with E-state index in [1.807, 2.05) is 6.92 Å². The minimum Gasteiger partial charge on any atom is -0.491 e. The van der Waals surface area contributed by atoms with E-state index in [0.717, 1.165) is 27.5 Å². The van der Waals surface area contributed by atoms with Crippen LogP contribution in [0.3, 0.4) is 0 Å². The van der Waals surface area contributed by atoms with Crippen molar-refractivity contribution in [2.45, 2.75) is 25.8 Å². The fourth-order valence-electron chi connectivity index (χ4n) is 1.62. The highest BCUT2D eigenvalue weighted by atomic mass is 79.9. The molecule has 0 aliphatic carbocycles. The van der Waals surface area contributed by atoms with Crippen LogP contribution in [-0.4, -0.2) is 26.4 Å². The molecule has 0 bridgehead atoms. The van der Waals surface area contributed by atoms with Gasteiger partial charge >= 0.3 is 0 Å². The zero-order valence-electron chi connectivity index (χ0n) is 10.7. The van der Waals surface area contributed by atoms with Gasteiger partial charge in [-0.1, -0.05) is 0 Å². The van der Waals surface area contributed by atoms with Crippen molar-refractivity contribution >= 4 is 31.9 Å². The lowest BCUT2D eigenvalue weighted by Crippen LogP contribution is -2.17. The number of rotatable bonds is 7. The topological polar surface area (TPSA) is 44.5 Å². The lowest BCUT2D eigenvalue weighted by molar-refractivity contribution is 0.171. The summed E-state index contributed by atoms with van der Waals surface area (Å²) in [6, 6.07) is 4.26. The van der Waals surface area contributed by atoms with E-state index in [9.17, 15) is 0 Å². The lowest BCUT2D eigenvalue weighted by Gasteiger charge is -2.13. The molecule has 3 nitrogen and oxygen atoms in total. The molecule has 1 aromatic rings. The Morgan fingerprint density at radius 2 is 1.83 bits per heavy atom. The molecule has 1 atom stereocenters. The predicted octanol–water partition coefficient (Wildman–Crippen LogP) is 3.52. The maximum absolute atomic E-state index is 5.80. The van der Waals surface area contributed by atoms with Gasteiger partial charge in [-0.2, -0.15) is 0 Å². The molecule has 0 aromatic heterocycles. The smallest absolute Gasteiger partial charge is 0.147 e. The summed E-state index contributed by atoms with van der Waals surface area (Å²) in [6.45, 7) is 3.34. The zero-order chi connectivity index (χ0) is 13.5. The highest BCUT2D eigenvalue weighted by Gasteiger charge is 2.10. The van der Waals surface area contributed by atoms with Gasteiger partial charge in [0, 0.05) is 26.2 Å². The number of methoxy groups -OCH3 is 1. The summed E-state index contributed by atoms with van der Waals surface area (Å²) in [7, 11) is 1.69. The van der Waals surface area contributed by atoms with E-state index in [-0.39, 0.29) is 6.04 Å². The van der Waals surface area contributed by atoms with E-state index in [1.165, 1.54) is 5.56 Å². The summed E-state index contributed by atoms with van der Waals surface area (Å²) in [5, 5.41) is 0. The summed E-state index contributed by atoms with van der Waals surface area (Å²) in [5.41, 5.74) is 6.99. The molecule has 1 rings (SSSR count). The maximum Gasteiger partial charge on any atom is 0.147 e. The highest BCUT2D eigenvalue weighted by molar-refractivity contribution is 9.11. The Kier molecular flexibility index (Phi) is 7.22. The molecule has 0 radical (unpaired) electrons. The second-order valence-electron chi connectivity index (χ2n) is 4.26. The van der Waals surface area contributed by atoms with Gasteiger partial charge in [0.25, 0.3) is 0 Å². The molecule has 1 unspecified atom stereocenters. The summed E-state index contributed by atoms with van der Waals surface area (Å²) in [6.07, 6.45) is 1.72. The number of ether oxygens (including phenoxy) is 2. The molecule has 0 aliphatic rings. The van der Waals surface area contributed by atoms with Gasteiger partial charge in [0.1, 0.15) is 5.75 Å². The molecule has 5 heteroatoms. The number of hydrogen-bond acceptors (Lipinski definition) is 3. The van der Waals surface area contributed by atoms with Crippen LogP contribution < -0.4 is 10.5 Å². The zero-order valence-corrected chi connectivity index (χ0v) is 13.9.